The summed E-state index contributed by atoms with van der Waals surface area (Å²) in [6, 6.07) is 1.65. The van der Waals surface area contributed by atoms with Crippen molar-refractivity contribution in [1.82, 2.24) is 4.98 Å². The zero-order valence-corrected chi connectivity index (χ0v) is 18.8. The molecule has 3 heteroatoms. The van der Waals surface area contributed by atoms with E-state index >= 15 is 0 Å². The minimum absolute atomic E-state index is 0.0572. The van der Waals surface area contributed by atoms with Crippen LogP contribution in [0.4, 0.5) is 0 Å². The van der Waals surface area contributed by atoms with Gasteiger partial charge in [-0.05, 0) is 12.3 Å². The molecule has 1 unspecified atom stereocenters. The van der Waals surface area contributed by atoms with E-state index < -0.39 is 0 Å². The maximum absolute atomic E-state index is 9.73. The third-order valence-corrected chi connectivity index (χ3v) is 6.08. The van der Waals surface area contributed by atoms with E-state index in [2.05, 4.69) is 18.8 Å². The maximum atomic E-state index is 9.73. The molecule has 0 amide bonds. The Labute approximate surface area is 174 Å². The van der Waals surface area contributed by atoms with Gasteiger partial charge in [0.05, 0.1) is 0 Å². The van der Waals surface area contributed by atoms with E-state index in [-0.39, 0.29) is 11.8 Å². The summed E-state index contributed by atoms with van der Waals surface area (Å²) in [6.45, 7) is 4.40. The number of aromatic nitrogens is 1. The zero-order chi connectivity index (χ0) is 20.5. The van der Waals surface area contributed by atoms with Crippen LogP contribution in [-0.2, 0) is 0 Å². The van der Waals surface area contributed by atoms with Crippen molar-refractivity contribution in [2.24, 2.45) is 0 Å². The van der Waals surface area contributed by atoms with Crippen molar-refractivity contribution in [3.8, 4) is 11.8 Å². The van der Waals surface area contributed by atoms with Crippen molar-refractivity contribution in [1.29, 1.82) is 0 Å². The van der Waals surface area contributed by atoms with Gasteiger partial charge in [-0.2, -0.15) is 0 Å². The summed E-state index contributed by atoms with van der Waals surface area (Å²) < 4.78 is 0. The predicted molar refractivity (Wildman–Crippen MR) is 121 cm³/mol. The van der Waals surface area contributed by atoms with Gasteiger partial charge in [-0.25, -0.2) is 0 Å². The fourth-order valence-electron chi connectivity index (χ4n) is 4.15. The number of H-pyrrole nitrogens is 1. The van der Waals surface area contributed by atoms with E-state index in [1.807, 2.05) is 0 Å². The Morgan fingerprint density at radius 1 is 0.679 bits per heavy atom. The van der Waals surface area contributed by atoms with Gasteiger partial charge in [0.2, 0.25) is 0 Å². The van der Waals surface area contributed by atoms with Gasteiger partial charge in [-0.1, -0.05) is 123 Å². The van der Waals surface area contributed by atoms with Gasteiger partial charge < -0.3 is 10.2 Å². The van der Waals surface area contributed by atoms with E-state index in [9.17, 15) is 10.2 Å². The second-order valence-electron chi connectivity index (χ2n) is 8.81. The highest BCUT2D eigenvalue weighted by molar-refractivity contribution is 5.35. The highest BCUT2D eigenvalue weighted by Gasteiger charge is 2.13. The monoisotopic (exact) mass is 393 g/mol. The van der Waals surface area contributed by atoms with E-state index in [1.165, 1.54) is 109 Å². The number of aromatic hydroxyl groups is 2. The van der Waals surface area contributed by atoms with E-state index in [1.54, 1.807) is 6.07 Å². The predicted octanol–water partition coefficient (Wildman–Crippen LogP) is 8.57. The molecule has 0 bridgehead atoms. The molecule has 1 heterocycles. The third kappa shape index (κ3) is 12.4. The molecule has 0 aliphatic heterocycles. The van der Waals surface area contributed by atoms with Crippen LogP contribution in [0.25, 0.3) is 0 Å². The molecule has 0 saturated carbocycles. The molecule has 164 valence electrons. The van der Waals surface area contributed by atoms with Gasteiger partial charge in [-0.15, -0.1) is 0 Å². The first-order chi connectivity index (χ1) is 13.6. The fraction of sp³-hybridized carbons (Fsp3) is 0.840. The van der Waals surface area contributed by atoms with Gasteiger partial charge in [-0.3, -0.25) is 4.98 Å². The second-order valence-corrected chi connectivity index (χ2v) is 8.81. The molecule has 1 atom stereocenters. The molecule has 3 N–H and O–H groups in total. The molecule has 1 rings (SSSR count). The summed E-state index contributed by atoms with van der Waals surface area (Å²) in [4.78, 5) is 2.56. The molecular weight excluding hydrogens is 346 g/mol. The first kappa shape index (κ1) is 24.9. The van der Waals surface area contributed by atoms with E-state index in [0.29, 0.717) is 5.92 Å². The lowest BCUT2D eigenvalue weighted by Gasteiger charge is -2.09. The lowest BCUT2D eigenvalue weighted by atomic mass is 9.96. The first-order valence-electron chi connectivity index (χ1n) is 12.3. The average Bonchev–Trinajstić information content (AvgIpc) is 3.02. The van der Waals surface area contributed by atoms with Crippen LogP contribution in [0.5, 0.6) is 11.8 Å². The van der Waals surface area contributed by atoms with Crippen LogP contribution in [0.3, 0.4) is 0 Å². The summed E-state index contributed by atoms with van der Waals surface area (Å²) in [5.74, 6) is 0.479. The van der Waals surface area contributed by atoms with Crippen LogP contribution in [0.1, 0.15) is 141 Å². The molecule has 0 aliphatic rings. The van der Waals surface area contributed by atoms with Crippen molar-refractivity contribution >= 4 is 0 Å². The molecule has 1 aromatic heterocycles. The van der Waals surface area contributed by atoms with E-state index in [0.717, 1.165) is 12.0 Å². The lowest BCUT2D eigenvalue weighted by molar-refractivity contribution is 0.420. The van der Waals surface area contributed by atoms with Crippen molar-refractivity contribution in [2.75, 3.05) is 0 Å². The average molecular weight is 394 g/mol. The fourth-order valence-corrected chi connectivity index (χ4v) is 4.15. The first-order valence-corrected chi connectivity index (χ1v) is 12.3. The zero-order valence-electron chi connectivity index (χ0n) is 18.8. The van der Waals surface area contributed by atoms with Crippen LogP contribution in [0.2, 0.25) is 0 Å². The van der Waals surface area contributed by atoms with Gasteiger partial charge in [0.25, 0.3) is 0 Å². The molecule has 0 radical (unpaired) electrons. The summed E-state index contributed by atoms with van der Waals surface area (Å²) in [5, 5.41) is 19.1. The van der Waals surface area contributed by atoms with Crippen LogP contribution >= 0.6 is 0 Å². The molecule has 0 aliphatic carbocycles. The highest BCUT2D eigenvalue weighted by Crippen LogP contribution is 2.32. The lowest BCUT2D eigenvalue weighted by Crippen LogP contribution is -1.92. The Kier molecular flexibility index (Phi) is 15.0. The van der Waals surface area contributed by atoms with E-state index in [4.69, 9.17) is 0 Å². The number of nitrogens with one attached hydrogen (secondary N) is 1. The Bertz CT molecular complexity index is 469. The largest absolute Gasteiger partial charge is 0.495 e. The number of hydrogen-bond donors (Lipinski definition) is 3. The molecule has 28 heavy (non-hydrogen) atoms. The number of hydrogen-bond acceptors (Lipinski definition) is 2. The van der Waals surface area contributed by atoms with Gasteiger partial charge in [0, 0.05) is 11.6 Å². The SMILES string of the molecule is CCCCCCCCCCCCCCCCCCCC(C)c1cc(O)[nH]c1O. The third-order valence-electron chi connectivity index (χ3n) is 6.08. The van der Waals surface area contributed by atoms with Crippen LogP contribution in [0, 0.1) is 0 Å². The molecule has 0 fully saturated rings. The minimum Gasteiger partial charge on any atom is -0.495 e. The number of rotatable bonds is 19. The Balaban J connectivity index is 1.79. The van der Waals surface area contributed by atoms with Crippen molar-refractivity contribution < 1.29 is 10.2 Å². The van der Waals surface area contributed by atoms with Gasteiger partial charge in [0.15, 0.2) is 11.8 Å². The van der Waals surface area contributed by atoms with Crippen molar-refractivity contribution in [3.05, 3.63) is 11.6 Å². The smallest absolute Gasteiger partial charge is 0.194 e. The normalized spacial score (nSPS) is 12.5. The highest BCUT2D eigenvalue weighted by atomic mass is 16.3. The standard InChI is InChI=1S/C25H47NO2/c1-3-4-5-6-7-8-9-10-11-12-13-14-15-16-17-18-19-20-22(2)23-21-24(27)26-25(23)28/h21-22,26-28H,3-20H2,1-2H3. The molecule has 0 spiro atoms. The van der Waals surface area contributed by atoms with Crippen LogP contribution in [0.15, 0.2) is 6.07 Å². The van der Waals surface area contributed by atoms with Crippen LogP contribution < -0.4 is 0 Å². The van der Waals surface area contributed by atoms with Crippen molar-refractivity contribution in [2.45, 2.75) is 135 Å². The van der Waals surface area contributed by atoms with Crippen LogP contribution in [-0.4, -0.2) is 15.2 Å². The summed E-state index contributed by atoms with van der Waals surface area (Å²) in [5.41, 5.74) is 0.842. The second kappa shape index (κ2) is 16.8. The molecule has 0 saturated heterocycles. The topological polar surface area (TPSA) is 56.2 Å². The Hall–Kier alpha value is -1.12. The molecule has 1 aromatic rings. The summed E-state index contributed by atoms with van der Waals surface area (Å²) in [6.07, 6.45) is 24.8. The summed E-state index contributed by atoms with van der Waals surface area (Å²) in [7, 11) is 0. The van der Waals surface area contributed by atoms with Gasteiger partial charge in [0.1, 0.15) is 0 Å². The Morgan fingerprint density at radius 3 is 1.43 bits per heavy atom. The molecular formula is C25H47NO2. The van der Waals surface area contributed by atoms with Crippen molar-refractivity contribution in [3.63, 3.8) is 0 Å². The minimum atomic E-state index is 0.0572. The molecule has 3 nitrogen and oxygen atoms in total. The quantitative estimate of drug-likeness (QED) is 0.206. The number of aromatic amines is 1. The number of unbranched alkanes of at least 4 members (excludes halogenated alkanes) is 16. The Morgan fingerprint density at radius 2 is 1.07 bits per heavy atom. The molecule has 0 aromatic carbocycles. The van der Waals surface area contributed by atoms with Gasteiger partial charge >= 0.3 is 0 Å². The summed E-state index contributed by atoms with van der Waals surface area (Å²) >= 11 is 0. The maximum Gasteiger partial charge on any atom is 0.194 e.